The molecule has 8 heteroatoms. The van der Waals surface area contributed by atoms with E-state index < -0.39 is 12.1 Å². The molecule has 1 aliphatic rings. The molecule has 32 heavy (non-hydrogen) atoms. The molecule has 0 radical (unpaired) electrons. The van der Waals surface area contributed by atoms with Gasteiger partial charge in [0.1, 0.15) is 12.6 Å². The monoisotopic (exact) mass is 446 g/mol. The van der Waals surface area contributed by atoms with Crippen molar-refractivity contribution in [1.82, 2.24) is 14.9 Å². The van der Waals surface area contributed by atoms with E-state index in [0.717, 1.165) is 34.1 Å². The number of hydrogen-bond donors (Lipinski definition) is 2. The van der Waals surface area contributed by atoms with E-state index in [1.165, 1.54) is 16.2 Å². The van der Waals surface area contributed by atoms with Crippen molar-refractivity contribution < 1.29 is 14.3 Å². The van der Waals surface area contributed by atoms with E-state index in [2.05, 4.69) is 15.3 Å². The van der Waals surface area contributed by atoms with Crippen LogP contribution in [0.3, 0.4) is 0 Å². The zero-order valence-corrected chi connectivity index (χ0v) is 18.1. The van der Waals surface area contributed by atoms with Crippen molar-refractivity contribution >= 4 is 39.4 Å². The average Bonchev–Trinajstić information content (AvgIpc) is 3.58. The number of benzene rings is 2. The summed E-state index contributed by atoms with van der Waals surface area (Å²) in [4.78, 5) is 34.9. The number of aromatic nitrogens is 2. The number of nitrogens with one attached hydrogen (secondary N) is 2. The van der Waals surface area contributed by atoms with Crippen LogP contribution in [0.5, 0.6) is 0 Å². The van der Waals surface area contributed by atoms with E-state index in [-0.39, 0.29) is 12.5 Å². The lowest BCUT2D eigenvalue weighted by Crippen LogP contribution is -2.43. The van der Waals surface area contributed by atoms with Crippen molar-refractivity contribution in [3.05, 3.63) is 71.7 Å². The number of fused-ring (bicyclic) bond motifs is 1. The van der Waals surface area contributed by atoms with E-state index >= 15 is 0 Å². The number of thiazole rings is 1. The van der Waals surface area contributed by atoms with Crippen molar-refractivity contribution in [2.45, 2.75) is 25.5 Å². The Morgan fingerprint density at radius 3 is 2.91 bits per heavy atom. The van der Waals surface area contributed by atoms with Gasteiger partial charge in [-0.25, -0.2) is 9.78 Å². The Morgan fingerprint density at radius 2 is 2.03 bits per heavy atom. The molecule has 1 aliphatic heterocycles. The molecule has 7 nitrogen and oxygen atoms in total. The molecule has 2 aromatic carbocycles. The first-order valence-corrected chi connectivity index (χ1v) is 11.4. The first kappa shape index (κ1) is 20.3. The Hall–Kier alpha value is -3.65. The van der Waals surface area contributed by atoms with E-state index in [1.807, 2.05) is 66.2 Å². The summed E-state index contributed by atoms with van der Waals surface area (Å²) in [5.41, 5.74) is 3.70. The van der Waals surface area contributed by atoms with E-state index in [1.54, 1.807) is 0 Å². The highest BCUT2D eigenvalue weighted by atomic mass is 32.1. The molecule has 3 heterocycles. The van der Waals surface area contributed by atoms with E-state index in [0.29, 0.717) is 18.1 Å². The van der Waals surface area contributed by atoms with Crippen LogP contribution in [-0.2, 0) is 16.1 Å². The lowest BCUT2D eigenvalue weighted by atomic mass is 10.1. The Labute approximate surface area is 189 Å². The molecule has 2 aromatic heterocycles. The van der Waals surface area contributed by atoms with Gasteiger partial charge in [-0.1, -0.05) is 48.5 Å². The number of ether oxygens (including phenoxy) is 1. The van der Waals surface area contributed by atoms with Crippen LogP contribution in [0.1, 0.15) is 18.4 Å². The van der Waals surface area contributed by atoms with Crippen LogP contribution in [0.25, 0.3) is 22.2 Å². The lowest BCUT2D eigenvalue weighted by molar-refractivity contribution is -0.120. The first-order valence-electron chi connectivity index (χ1n) is 10.5. The quantitative estimate of drug-likeness (QED) is 0.450. The smallest absolute Gasteiger partial charge is 0.410 e. The second-order valence-corrected chi connectivity index (χ2v) is 8.52. The summed E-state index contributed by atoms with van der Waals surface area (Å²) in [5.74, 6) is -0.238. The molecule has 0 saturated carbocycles. The number of aromatic amines is 1. The Balaban J connectivity index is 1.24. The summed E-state index contributed by atoms with van der Waals surface area (Å²) < 4.78 is 5.43. The Bertz CT molecular complexity index is 1250. The molecule has 1 saturated heterocycles. The van der Waals surface area contributed by atoms with Crippen LogP contribution in [0.2, 0.25) is 0 Å². The van der Waals surface area contributed by atoms with Gasteiger partial charge in [0.05, 0.1) is 11.2 Å². The van der Waals surface area contributed by atoms with Gasteiger partial charge in [-0.15, -0.1) is 11.3 Å². The summed E-state index contributed by atoms with van der Waals surface area (Å²) in [6.07, 6.45) is 2.79. The summed E-state index contributed by atoms with van der Waals surface area (Å²) in [7, 11) is 0. The number of anilines is 1. The normalized spacial score (nSPS) is 15.8. The van der Waals surface area contributed by atoms with Crippen molar-refractivity contribution in [3.8, 4) is 11.3 Å². The lowest BCUT2D eigenvalue weighted by Gasteiger charge is -2.22. The molecule has 162 valence electrons. The van der Waals surface area contributed by atoms with Crippen molar-refractivity contribution in [1.29, 1.82) is 0 Å². The van der Waals surface area contributed by atoms with Gasteiger partial charge in [0.25, 0.3) is 0 Å². The minimum absolute atomic E-state index is 0.185. The number of carbonyl (C=O) groups excluding carboxylic acids is 2. The fourth-order valence-electron chi connectivity index (χ4n) is 4.00. The largest absolute Gasteiger partial charge is 0.445 e. The van der Waals surface area contributed by atoms with Gasteiger partial charge in [0.15, 0.2) is 5.13 Å². The number of nitrogens with zero attached hydrogens (tertiary/aromatic N) is 2. The maximum atomic E-state index is 12.9. The molecule has 4 aromatic rings. The Morgan fingerprint density at radius 1 is 1.16 bits per heavy atom. The molecule has 0 spiro atoms. The van der Waals surface area contributed by atoms with Gasteiger partial charge < -0.3 is 15.0 Å². The molecule has 0 aliphatic carbocycles. The zero-order chi connectivity index (χ0) is 21.9. The number of carbonyl (C=O) groups is 2. The maximum absolute atomic E-state index is 12.9. The third kappa shape index (κ3) is 4.09. The number of amides is 2. The van der Waals surface area contributed by atoms with Gasteiger partial charge >= 0.3 is 6.09 Å². The second-order valence-electron chi connectivity index (χ2n) is 7.67. The van der Waals surface area contributed by atoms with Crippen LogP contribution in [0, 0.1) is 0 Å². The molecular weight excluding hydrogens is 424 g/mol. The van der Waals surface area contributed by atoms with Crippen LogP contribution < -0.4 is 5.32 Å². The van der Waals surface area contributed by atoms with E-state index in [9.17, 15) is 9.59 Å². The van der Waals surface area contributed by atoms with Crippen molar-refractivity contribution in [2.24, 2.45) is 0 Å². The fourth-order valence-corrected chi connectivity index (χ4v) is 4.72. The van der Waals surface area contributed by atoms with Crippen LogP contribution in [0.15, 0.2) is 66.2 Å². The predicted molar refractivity (Wildman–Crippen MR) is 124 cm³/mol. The molecular formula is C24H22N4O3S. The first-order chi connectivity index (χ1) is 15.7. The summed E-state index contributed by atoms with van der Waals surface area (Å²) in [6, 6.07) is 17.0. The summed E-state index contributed by atoms with van der Waals surface area (Å²) in [5, 5.41) is 6.43. The standard InChI is InChI=1S/C24H22N4O3S/c29-22(20-10-5-13-28(20)24(30)31-14-16-6-2-1-3-7-16)27-23-26-19(15-32-23)18-9-4-8-17-11-12-25-21(17)18/h1-4,6-9,11-12,15,20,25H,5,10,13-14H2,(H,26,27,29). The van der Waals surface area contributed by atoms with Gasteiger partial charge in [-0.2, -0.15) is 0 Å². The van der Waals surface area contributed by atoms with Crippen molar-refractivity contribution in [2.75, 3.05) is 11.9 Å². The third-order valence-electron chi connectivity index (χ3n) is 5.59. The zero-order valence-electron chi connectivity index (χ0n) is 17.3. The topological polar surface area (TPSA) is 87.3 Å². The fraction of sp³-hybridized carbons (Fsp3) is 0.208. The van der Waals surface area contributed by atoms with Crippen LogP contribution in [0.4, 0.5) is 9.93 Å². The van der Waals surface area contributed by atoms with Crippen LogP contribution >= 0.6 is 11.3 Å². The Kier molecular flexibility index (Phi) is 5.60. The number of rotatable bonds is 5. The molecule has 5 rings (SSSR count). The van der Waals surface area contributed by atoms with Gasteiger partial charge in [0, 0.05) is 29.1 Å². The number of likely N-dealkylation sites (tertiary alicyclic amines) is 1. The summed E-state index contributed by atoms with van der Waals surface area (Å²) in [6.45, 7) is 0.689. The highest BCUT2D eigenvalue weighted by Gasteiger charge is 2.35. The molecule has 2 N–H and O–H groups in total. The number of hydrogen-bond acceptors (Lipinski definition) is 5. The molecule has 1 unspecified atom stereocenters. The maximum Gasteiger partial charge on any atom is 0.410 e. The molecule has 1 fully saturated rings. The molecule has 0 bridgehead atoms. The molecule has 2 amide bonds. The van der Waals surface area contributed by atoms with Crippen LogP contribution in [-0.4, -0.2) is 39.5 Å². The number of H-pyrrole nitrogens is 1. The van der Waals surface area contributed by atoms with Gasteiger partial charge in [0.2, 0.25) is 5.91 Å². The minimum Gasteiger partial charge on any atom is -0.445 e. The number of para-hydroxylation sites is 1. The minimum atomic E-state index is -0.558. The van der Waals surface area contributed by atoms with Crippen molar-refractivity contribution in [3.63, 3.8) is 0 Å². The second kappa shape index (κ2) is 8.84. The summed E-state index contributed by atoms with van der Waals surface area (Å²) >= 11 is 1.37. The SMILES string of the molecule is O=C(Nc1nc(-c2cccc3cc[nH]c23)cs1)C1CCCN1C(=O)OCc1ccccc1. The van der Waals surface area contributed by atoms with Gasteiger partial charge in [-0.3, -0.25) is 9.69 Å². The highest BCUT2D eigenvalue weighted by Crippen LogP contribution is 2.30. The third-order valence-corrected chi connectivity index (χ3v) is 6.35. The van der Waals surface area contributed by atoms with E-state index in [4.69, 9.17) is 4.74 Å². The average molecular weight is 447 g/mol. The van der Waals surface area contributed by atoms with Gasteiger partial charge in [-0.05, 0) is 24.5 Å². The molecule has 1 atom stereocenters. The highest BCUT2D eigenvalue weighted by molar-refractivity contribution is 7.14. The predicted octanol–water partition coefficient (Wildman–Crippen LogP) is 5.03.